The van der Waals surface area contributed by atoms with E-state index in [1.807, 2.05) is 36.1 Å². The van der Waals surface area contributed by atoms with Crippen LogP contribution in [0.1, 0.15) is 43.0 Å². The number of aromatic nitrogens is 1. The van der Waals surface area contributed by atoms with Gasteiger partial charge in [-0.2, -0.15) is 0 Å². The molecule has 0 amide bonds. The lowest BCUT2D eigenvalue weighted by Crippen LogP contribution is -2.22. The quantitative estimate of drug-likeness (QED) is 0.443. The summed E-state index contributed by atoms with van der Waals surface area (Å²) in [5.74, 6) is -3.01. The van der Waals surface area contributed by atoms with Crippen molar-refractivity contribution in [1.29, 1.82) is 0 Å². The Bertz CT molecular complexity index is 1300. The molecule has 2 atom stereocenters. The summed E-state index contributed by atoms with van der Waals surface area (Å²) < 4.78 is 42.9. The molecule has 4 rings (SSSR count). The summed E-state index contributed by atoms with van der Waals surface area (Å²) in [6, 6.07) is 14.5. The van der Waals surface area contributed by atoms with E-state index in [0.29, 0.717) is 42.0 Å². The smallest absolute Gasteiger partial charge is 0.270 e. The van der Waals surface area contributed by atoms with Crippen LogP contribution in [-0.4, -0.2) is 23.8 Å². The van der Waals surface area contributed by atoms with Crippen LogP contribution in [0, 0.1) is 0 Å². The minimum Gasteiger partial charge on any atom is -0.399 e. The first-order valence-electron chi connectivity index (χ1n) is 11.5. The van der Waals surface area contributed by atoms with Crippen LogP contribution in [0.5, 0.6) is 0 Å². The van der Waals surface area contributed by atoms with Gasteiger partial charge in [-0.05, 0) is 61.4 Å². The fourth-order valence-corrected chi connectivity index (χ4v) is 4.27. The van der Waals surface area contributed by atoms with E-state index in [1.165, 1.54) is 22.8 Å². The van der Waals surface area contributed by atoms with Gasteiger partial charge in [0.25, 0.3) is 11.5 Å². The molecule has 1 unspecified atom stereocenters. The van der Waals surface area contributed by atoms with Crippen molar-refractivity contribution in [1.82, 2.24) is 9.88 Å². The van der Waals surface area contributed by atoms with Crippen molar-refractivity contribution in [2.45, 2.75) is 38.4 Å². The zero-order valence-corrected chi connectivity index (χ0v) is 19.8. The summed E-state index contributed by atoms with van der Waals surface area (Å²) >= 11 is 0. The van der Waals surface area contributed by atoms with Crippen molar-refractivity contribution in [2.75, 3.05) is 23.7 Å². The number of nitrogens with one attached hydrogen (secondary N) is 1. The predicted octanol–water partition coefficient (Wildman–Crippen LogP) is 5.40. The molecule has 2 heterocycles. The van der Waals surface area contributed by atoms with Crippen molar-refractivity contribution in [3.8, 4) is 5.69 Å². The number of benzene rings is 2. The maximum Gasteiger partial charge on any atom is 0.270 e. The topological polar surface area (TPSA) is 63.3 Å². The van der Waals surface area contributed by atoms with Gasteiger partial charge in [-0.25, -0.2) is 13.2 Å². The molecule has 0 aliphatic carbocycles. The third-order valence-corrected chi connectivity index (χ3v) is 6.24. The van der Waals surface area contributed by atoms with Crippen LogP contribution in [0.25, 0.3) is 11.4 Å². The Morgan fingerprint density at radius 1 is 1.17 bits per heavy atom. The number of alkyl halides is 3. The molecule has 8 heteroatoms. The van der Waals surface area contributed by atoms with Crippen LogP contribution in [0.4, 0.5) is 24.5 Å². The van der Waals surface area contributed by atoms with Crippen molar-refractivity contribution < 1.29 is 13.2 Å². The van der Waals surface area contributed by atoms with E-state index in [9.17, 15) is 18.0 Å². The Balaban J connectivity index is 1.57. The lowest BCUT2D eigenvalue weighted by atomic mass is 10.0. The Morgan fingerprint density at radius 2 is 1.91 bits per heavy atom. The van der Waals surface area contributed by atoms with E-state index in [0.717, 1.165) is 12.6 Å². The monoisotopic (exact) mass is 482 g/mol. The lowest BCUT2D eigenvalue weighted by Gasteiger charge is -2.21. The van der Waals surface area contributed by atoms with E-state index in [-0.39, 0.29) is 22.9 Å². The molecule has 0 radical (unpaired) electrons. The van der Waals surface area contributed by atoms with Crippen LogP contribution >= 0.6 is 0 Å². The standard InChI is InChI=1S/C27H29F3N4O/c1-17(32-18(2)20-11-21(27(3,29)30)13-23(31)12-20)19-7-8-26(35)34(15-19)25-6-4-5-24(14-25)33-10-9-22(28)16-33/h4-8,11-15,18,22,32H,1,9-10,16,31H2,2-3H3/t18?,22-/m1/s1. The molecule has 0 saturated carbocycles. The Hall–Kier alpha value is -3.68. The highest BCUT2D eigenvalue weighted by atomic mass is 19.3. The van der Waals surface area contributed by atoms with Crippen molar-refractivity contribution >= 4 is 17.1 Å². The van der Waals surface area contributed by atoms with Crippen LogP contribution in [0.2, 0.25) is 0 Å². The maximum atomic E-state index is 13.8. The highest BCUT2D eigenvalue weighted by Crippen LogP contribution is 2.31. The Kier molecular flexibility index (Phi) is 6.65. The Labute approximate surface area is 202 Å². The summed E-state index contributed by atoms with van der Waals surface area (Å²) in [4.78, 5) is 14.6. The van der Waals surface area contributed by atoms with Gasteiger partial charge in [-0.1, -0.05) is 12.6 Å². The molecule has 1 fully saturated rings. The number of hydrogen-bond donors (Lipinski definition) is 2. The zero-order valence-electron chi connectivity index (χ0n) is 19.8. The molecule has 0 spiro atoms. The largest absolute Gasteiger partial charge is 0.399 e. The highest BCUT2D eigenvalue weighted by Gasteiger charge is 2.26. The summed E-state index contributed by atoms with van der Waals surface area (Å²) in [5.41, 5.74) is 9.03. The van der Waals surface area contributed by atoms with Gasteiger partial charge in [-0.15, -0.1) is 0 Å². The number of nitrogens with two attached hydrogens (primary N) is 1. The van der Waals surface area contributed by atoms with Gasteiger partial charge in [0.05, 0.1) is 5.69 Å². The van der Waals surface area contributed by atoms with Crippen molar-refractivity contribution in [2.24, 2.45) is 0 Å². The van der Waals surface area contributed by atoms with E-state index in [2.05, 4.69) is 11.9 Å². The first kappa shape index (κ1) is 24.4. The summed E-state index contributed by atoms with van der Waals surface area (Å²) in [6.07, 6.45) is 1.32. The molecule has 1 aliphatic heterocycles. The first-order chi connectivity index (χ1) is 16.5. The molecule has 1 aliphatic rings. The third-order valence-electron chi connectivity index (χ3n) is 6.24. The highest BCUT2D eigenvalue weighted by molar-refractivity contribution is 5.62. The van der Waals surface area contributed by atoms with Crippen molar-refractivity contribution in [3.63, 3.8) is 0 Å². The number of nitrogens with zero attached hydrogens (tertiary/aromatic N) is 2. The number of pyridine rings is 1. The zero-order chi connectivity index (χ0) is 25.3. The predicted molar refractivity (Wildman–Crippen MR) is 135 cm³/mol. The number of rotatable bonds is 7. The van der Waals surface area contributed by atoms with Gasteiger partial charge >= 0.3 is 0 Å². The first-order valence-corrected chi connectivity index (χ1v) is 11.5. The minimum atomic E-state index is -3.01. The third kappa shape index (κ3) is 5.53. The second-order valence-electron chi connectivity index (χ2n) is 9.10. The van der Waals surface area contributed by atoms with Gasteiger partial charge in [0.15, 0.2) is 0 Å². The van der Waals surface area contributed by atoms with Crippen LogP contribution in [-0.2, 0) is 5.92 Å². The number of hydrogen-bond acceptors (Lipinski definition) is 4. The summed E-state index contributed by atoms with van der Waals surface area (Å²) in [7, 11) is 0. The van der Waals surface area contributed by atoms with E-state index in [4.69, 9.17) is 5.73 Å². The molecule has 3 N–H and O–H groups in total. The van der Waals surface area contributed by atoms with E-state index in [1.54, 1.807) is 18.3 Å². The minimum absolute atomic E-state index is 0.155. The Morgan fingerprint density at radius 3 is 2.60 bits per heavy atom. The SMILES string of the molecule is C=C(NC(C)c1cc(N)cc(C(C)(F)F)c1)c1ccc(=O)n(-c2cccc(N3CC[C@@H](F)C3)c2)c1. The molecular weight excluding hydrogens is 453 g/mol. The van der Waals surface area contributed by atoms with Gasteiger partial charge < -0.3 is 16.0 Å². The van der Waals surface area contributed by atoms with Gasteiger partial charge in [-0.3, -0.25) is 9.36 Å². The summed E-state index contributed by atoms with van der Waals surface area (Å²) in [6.45, 7) is 7.71. The summed E-state index contributed by atoms with van der Waals surface area (Å²) in [5, 5.41) is 3.22. The molecule has 35 heavy (non-hydrogen) atoms. The molecular formula is C27H29F3N4O. The molecule has 3 aromatic rings. The molecule has 1 saturated heterocycles. The van der Waals surface area contributed by atoms with Crippen LogP contribution < -0.4 is 21.5 Å². The molecule has 5 nitrogen and oxygen atoms in total. The second-order valence-corrected chi connectivity index (χ2v) is 9.10. The fraction of sp³-hybridized carbons (Fsp3) is 0.296. The second kappa shape index (κ2) is 9.52. The van der Waals surface area contributed by atoms with E-state index < -0.39 is 12.1 Å². The number of halogens is 3. The molecule has 1 aromatic heterocycles. The maximum absolute atomic E-state index is 13.8. The molecule has 184 valence electrons. The van der Waals surface area contributed by atoms with Gasteiger partial charge in [0, 0.05) is 66.5 Å². The van der Waals surface area contributed by atoms with E-state index >= 15 is 0 Å². The number of nitrogen functional groups attached to an aromatic ring is 1. The van der Waals surface area contributed by atoms with Gasteiger partial charge in [0.1, 0.15) is 6.17 Å². The average Bonchev–Trinajstić information content (AvgIpc) is 3.24. The average molecular weight is 483 g/mol. The van der Waals surface area contributed by atoms with Gasteiger partial charge in [0.2, 0.25) is 0 Å². The van der Waals surface area contributed by atoms with Crippen LogP contribution in [0.3, 0.4) is 0 Å². The van der Waals surface area contributed by atoms with Crippen LogP contribution in [0.15, 0.2) is 72.2 Å². The number of anilines is 2. The lowest BCUT2D eigenvalue weighted by molar-refractivity contribution is 0.0174. The van der Waals surface area contributed by atoms with Crippen molar-refractivity contribution in [3.05, 3.63) is 94.4 Å². The fourth-order valence-electron chi connectivity index (χ4n) is 4.27. The normalized spacial score (nSPS) is 16.8. The molecule has 2 aromatic carbocycles. The molecule has 0 bridgehead atoms.